The van der Waals surface area contributed by atoms with Crippen LogP contribution in [0.4, 0.5) is 0 Å². The number of hydrogen-bond acceptors (Lipinski definition) is 4. The van der Waals surface area contributed by atoms with Crippen LogP contribution in [0, 0.1) is 0 Å². The second kappa shape index (κ2) is 5.63. The van der Waals surface area contributed by atoms with Crippen LogP contribution in [-0.4, -0.2) is 19.9 Å². The molecule has 0 radical (unpaired) electrons. The third-order valence-corrected chi connectivity index (χ3v) is 3.76. The third-order valence-electron chi connectivity index (χ3n) is 3.76. The first-order chi connectivity index (χ1) is 9.78. The molecule has 1 unspecified atom stereocenters. The molecule has 5 heteroatoms. The predicted octanol–water partition coefficient (Wildman–Crippen LogP) is 2.25. The van der Waals surface area contributed by atoms with Crippen LogP contribution in [0.15, 0.2) is 24.5 Å². The molecular formula is C15H19N3O2. The van der Waals surface area contributed by atoms with Gasteiger partial charge >= 0.3 is 0 Å². The zero-order valence-corrected chi connectivity index (χ0v) is 11.6. The molecule has 3 rings (SSSR count). The summed E-state index contributed by atoms with van der Waals surface area (Å²) in [6.07, 6.45) is 4.12. The summed E-state index contributed by atoms with van der Waals surface area (Å²) in [5, 5.41) is 14.1. The minimum atomic E-state index is -0.323. The van der Waals surface area contributed by atoms with Gasteiger partial charge in [0, 0.05) is 6.54 Å². The van der Waals surface area contributed by atoms with E-state index in [0.29, 0.717) is 6.61 Å². The smallest absolute Gasteiger partial charge is 0.164 e. The minimum Gasteiger partial charge on any atom is -0.486 e. The lowest BCUT2D eigenvalue weighted by Gasteiger charge is -2.21. The van der Waals surface area contributed by atoms with Gasteiger partial charge in [-0.05, 0) is 49.4 Å². The predicted molar refractivity (Wildman–Crippen MR) is 74.4 cm³/mol. The number of aryl methyl sites for hydroxylation is 2. The topological polar surface area (TPSA) is 60.2 Å². The summed E-state index contributed by atoms with van der Waals surface area (Å²) in [7, 11) is 0. The molecule has 0 bridgehead atoms. The van der Waals surface area contributed by atoms with Gasteiger partial charge in [0.1, 0.15) is 18.7 Å². The number of fused-ring (bicyclic) bond motifs is 1. The first-order valence-corrected chi connectivity index (χ1v) is 7.08. The van der Waals surface area contributed by atoms with E-state index in [1.807, 2.05) is 29.8 Å². The molecular weight excluding hydrogens is 254 g/mol. The number of aromatic nitrogens is 3. The van der Waals surface area contributed by atoms with E-state index in [9.17, 15) is 5.11 Å². The standard InChI is InChI=1S/C15H19N3O2/c1-2-18-15(16-10-17-18)9-20-12-6-7-13-11(8-12)4-3-5-14(13)19/h6-8,10,14,19H,2-5,9H2,1H3. The molecule has 1 atom stereocenters. The van der Waals surface area contributed by atoms with Crippen molar-refractivity contribution in [3.8, 4) is 5.75 Å². The fourth-order valence-corrected chi connectivity index (χ4v) is 2.67. The van der Waals surface area contributed by atoms with Gasteiger partial charge in [-0.1, -0.05) is 6.07 Å². The summed E-state index contributed by atoms with van der Waals surface area (Å²) in [5.41, 5.74) is 2.23. The zero-order chi connectivity index (χ0) is 13.9. The molecule has 5 nitrogen and oxygen atoms in total. The molecule has 1 heterocycles. The molecule has 1 aromatic carbocycles. The Kier molecular flexibility index (Phi) is 3.69. The molecule has 0 aliphatic heterocycles. The van der Waals surface area contributed by atoms with Crippen molar-refractivity contribution in [2.45, 2.75) is 45.4 Å². The van der Waals surface area contributed by atoms with Gasteiger partial charge in [0.25, 0.3) is 0 Å². The molecule has 1 N–H and O–H groups in total. The average molecular weight is 273 g/mol. The number of aliphatic hydroxyl groups excluding tert-OH is 1. The number of nitrogens with zero attached hydrogens (tertiary/aromatic N) is 3. The molecule has 0 saturated carbocycles. The van der Waals surface area contributed by atoms with Crippen molar-refractivity contribution in [2.24, 2.45) is 0 Å². The van der Waals surface area contributed by atoms with Crippen molar-refractivity contribution >= 4 is 0 Å². The van der Waals surface area contributed by atoms with E-state index in [4.69, 9.17) is 4.74 Å². The molecule has 1 aromatic heterocycles. The number of rotatable bonds is 4. The van der Waals surface area contributed by atoms with E-state index < -0.39 is 0 Å². The van der Waals surface area contributed by atoms with Gasteiger partial charge in [0.05, 0.1) is 6.10 Å². The highest BCUT2D eigenvalue weighted by atomic mass is 16.5. The molecule has 106 valence electrons. The number of benzene rings is 1. The van der Waals surface area contributed by atoms with Crippen molar-refractivity contribution in [2.75, 3.05) is 0 Å². The molecule has 0 spiro atoms. The molecule has 2 aromatic rings. The Morgan fingerprint density at radius 3 is 3.20 bits per heavy atom. The van der Waals surface area contributed by atoms with Crippen LogP contribution in [0.1, 0.15) is 42.8 Å². The summed E-state index contributed by atoms with van der Waals surface area (Å²) in [6, 6.07) is 5.92. The Bertz CT molecular complexity index is 595. The minimum absolute atomic E-state index is 0.323. The molecule has 20 heavy (non-hydrogen) atoms. The summed E-state index contributed by atoms with van der Waals surface area (Å²) >= 11 is 0. The Balaban J connectivity index is 1.72. The SMILES string of the molecule is CCn1ncnc1COc1ccc2c(c1)CCCC2O. The summed E-state index contributed by atoms with van der Waals surface area (Å²) in [6.45, 7) is 3.22. The largest absolute Gasteiger partial charge is 0.486 e. The summed E-state index contributed by atoms with van der Waals surface area (Å²) in [5.74, 6) is 1.65. The van der Waals surface area contributed by atoms with Gasteiger partial charge in [-0.3, -0.25) is 0 Å². The first kappa shape index (κ1) is 13.1. The van der Waals surface area contributed by atoms with Crippen molar-refractivity contribution in [3.05, 3.63) is 41.5 Å². The Labute approximate surface area is 118 Å². The maximum Gasteiger partial charge on any atom is 0.164 e. The number of aliphatic hydroxyl groups is 1. The van der Waals surface area contributed by atoms with Crippen LogP contribution >= 0.6 is 0 Å². The molecule has 1 aliphatic carbocycles. The fourth-order valence-electron chi connectivity index (χ4n) is 2.67. The first-order valence-electron chi connectivity index (χ1n) is 7.08. The van der Waals surface area contributed by atoms with Crippen molar-refractivity contribution in [3.63, 3.8) is 0 Å². The number of hydrogen-bond donors (Lipinski definition) is 1. The maximum absolute atomic E-state index is 9.94. The lowest BCUT2D eigenvalue weighted by molar-refractivity contribution is 0.156. The van der Waals surface area contributed by atoms with Crippen molar-refractivity contribution < 1.29 is 9.84 Å². The quantitative estimate of drug-likeness (QED) is 0.928. The van der Waals surface area contributed by atoms with E-state index in [2.05, 4.69) is 10.1 Å². The van der Waals surface area contributed by atoms with Gasteiger partial charge in [0.2, 0.25) is 0 Å². The summed E-state index contributed by atoms with van der Waals surface area (Å²) in [4.78, 5) is 4.19. The zero-order valence-electron chi connectivity index (χ0n) is 11.6. The van der Waals surface area contributed by atoms with E-state index in [0.717, 1.165) is 42.9 Å². The highest BCUT2D eigenvalue weighted by molar-refractivity contribution is 5.38. The Morgan fingerprint density at radius 2 is 2.35 bits per heavy atom. The monoisotopic (exact) mass is 273 g/mol. The van der Waals surface area contributed by atoms with Crippen molar-refractivity contribution in [1.82, 2.24) is 14.8 Å². The normalized spacial score (nSPS) is 17.8. The summed E-state index contributed by atoms with van der Waals surface area (Å²) < 4.78 is 7.61. The van der Waals surface area contributed by atoms with E-state index in [1.54, 1.807) is 6.33 Å². The highest BCUT2D eigenvalue weighted by Gasteiger charge is 2.18. The maximum atomic E-state index is 9.94. The Hall–Kier alpha value is -1.88. The van der Waals surface area contributed by atoms with Crippen LogP contribution in [-0.2, 0) is 19.6 Å². The molecule has 1 aliphatic rings. The molecule has 0 saturated heterocycles. The van der Waals surface area contributed by atoms with Crippen LogP contribution in [0.25, 0.3) is 0 Å². The van der Waals surface area contributed by atoms with E-state index >= 15 is 0 Å². The third kappa shape index (κ3) is 2.54. The van der Waals surface area contributed by atoms with Crippen molar-refractivity contribution in [1.29, 1.82) is 0 Å². The van der Waals surface area contributed by atoms with Gasteiger partial charge in [-0.15, -0.1) is 0 Å². The lowest BCUT2D eigenvalue weighted by atomic mass is 9.89. The van der Waals surface area contributed by atoms with Gasteiger partial charge in [-0.2, -0.15) is 5.10 Å². The van der Waals surface area contributed by atoms with Gasteiger partial charge < -0.3 is 9.84 Å². The Morgan fingerprint density at radius 1 is 1.45 bits per heavy atom. The van der Waals surface area contributed by atoms with E-state index in [-0.39, 0.29) is 6.10 Å². The number of ether oxygens (including phenoxy) is 1. The van der Waals surface area contributed by atoms with Crippen LogP contribution in [0.3, 0.4) is 0 Å². The van der Waals surface area contributed by atoms with Crippen LogP contribution in [0.2, 0.25) is 0 Å². The molecule has 0 fully saturated rings. The average Bonchev–Trinajstić information content (AvgIpc) is 2.92. The van der Waals surface area contributed by atoms with Gasteiger partial charge in [-0.25, -0.2) is 9.67 Å². The van der Waals surface area contributed by atoms with Gasteiger partial charge in [0.15, 0.2) is 5.82 Å². The lowest BCUT2D eigenvalue weighted by Crippen LogP contribution is -2.10. The second-order valence-electron chi connectivity index (χ2n) is 5.05. The fraction of sp³-hybridized carbons (Fsp3) is 0.467. The second-order valence-corrected chi connectivity index (χ2v) is 5.05. The molecule has 0 amide bonds. The van der Waals surface area contributed by atoms with E-state index in [1.165, 1.54) is 5.56 Å². The van der Waals surface area contributed by atoms with Crippen LogP contribution < -0.4 is 4.74 Å². The van der Waals surface area contributed by atoms with Crippen LogP contribution in [0.5, 0.6) is 5.75 Å². The highest BCUT2D eigenvalue weighted by Crippen LogP contribution is 2.32.